The van der Waals surface area contributed by atoms with Gasteiger partial charge in [0, 0.05) is 32.4 Å². The van der Waals surface area contributed by atoms with E-state index in [2.05, 4.69) is 4.98 Å². The van der Waals surface area contributed by atoms with Gasteiger partial charge < -0.3 is 15.5 Å². The first-order valence-electron chi connectivity index (χ1n) is 5.45. The molecule has 1 aliphatic rings. The minimum absolute atomic E-state index is 0.0658. The second-order valence-electron chi connectivity index (χ2n) is 3.80. The molecule has 0 aliphatic carbocycles. The average molecular weight is 220 g/mol. The lowest BCUT2D eigenvalue weighted by atomic mass is 10.3. The largest absolute Gasteiger partial charge is 0.329 e. The van der Waals surface area contributed by atoms with E-state index in [1.807, 2.05) is 18.2 Å². The molecular formula is C11H16N4O. The molecule has 0 saturated carbocycles. The zero-order chi connectivity index (χ0) is 11.4. The van der Waals surface area contributed by atoms with Crippen LogP contribution in [-0.4, -0.2) is 47.0 Å². The molecule has 5 heteroatoms. The predicted octanol–water partition coefficient (Wildman–Crippen LogP) is 0.278. The Balaban J connectivity index is 1.95. The van der Waals surface area contributed by atoms with Crippen LogP contribution in [0.15, 0.2) is 24.4 Å². The van der Waals surface area contributed by atoms with Gasteiger partial charge in [-0.15, -0.1) is 0 Å². The van der Waals surface area contributed by atoms with Gasteiger partial charge in [-0.05, 0) is 12.1 Å². The fourth-order valence-electron chi connectivity index (χ4n) is 1.83. The molecule has 16 heavy (non-hydrogen) atoms. The number of carbonyl (C=O) groups excluding carboxylic acids is 1. The third kappa shape index (κ3) is 2.30. The molecule has 2 N–H and O–H groups in total. The third-order valence-electron chi connectivity index (χ3n) is 2.66. The van der Waals surface area contributed by atoms with Crippen LogP contribution < -0.4 is 5.73 Å². The molecule has 0 radical (unpaired) electrons. The molecule has 0 atom stereocenters. The van der Waals surface area contributed by atoms with Gasteiger partial charge >= 0.3 is 6.03 Å². The Labute approximate surface area is 94.9 Å². The van der Waals surface area contributed by atoms with Crippen molar-refractivity contribution in [3.8, 4) is 0 Å². The molecule has 1 saturated heterocycles. The Morgan fingerprint density at radius 3 is 2.81 bits per heavy atom. The SMILES string of the molecule is NCCN1CCN(Cc2ccccn2)C1=O. The van der Waals surface area contributed by atoms with E-state index in [1.165, 1.54) is 0 Å². The normalized spacial score (nSPS) is 15.9. The molecule has 0 aromatic carbocycles. The van der Waals surface area contributed by atoms with Crippen LogP contribution in [0.5, 0.6) is 0 Å². The number of urea groups is 1. The van der Waals surface area contributed by atoms with E-state index < -0.39 is 0 Å². The summed E-state index contributed by atoms with van der Waals surface area (Å²) in [5.74, 6) is 0. The highest BCUT2D eigenvalue weighted by Gasteiger charge is 2.27. The second-order valence-corrected chi connectivity index (χ2v) is 3.80. The highest BCUT2D eigenvalue weighted by Crippen LogP contribution is 2.11. The smallest absolute Gasteiger partial charge is 0.320 e. The van der Waals surface area contributed by atoms with Gasteiger partial charge in [0.1, 0.15) is 0 Å². The summed E-state index contributed by atoms with van der Waals surface area (Å²) in [6.07, 6.45) is 1.74. The maximum absolute atomic E-state index is 11.9. The standard InChI is InChI=1S/C11H16N4O/c12-4-6-14-7-8-15(11(14)16)9-10-3-1-2-5-13-10/h1-3,5H,4,6-9,12H2. The van der Waals surface area contributed by atoms with E-state index in [-0.39, 0.29) is 6.03 Å². The fraction of sp³-hybridized carbons (Fsp3) is 0.455. The third-order valence-corrected chi connectivity index (χ3v) is 2.66. The lowest BCUT2D eigenvalue weighted by molar-refractivity contribution is 0.191. The maximum Gasteiger partial charge on any atom is 0.320 e. The van der Waals surface area contributed by atoms with Gasteiger partial charge in [-0.2, -0.15) is 0 Å². The molecule has 2 rings (SSSR count). The summed E-state index contributed by atoms with van der Waals surface area (Å²) in [7, 11) is 0. The topological polar surface area (TPSA) is 62.5 Å². The van der Waals surface area contributed by atoms with Gasteiger partial charge in [0.25, 0.3) is 0 Å². The first-order chi connectivity index (χ1) is 7.81. The van der Waals surface area contributed by atoms with Crippen molar-refractivity contribution >= 4 is 6.03 Å². The number of carbonyl (C=O) groups is 1. The minimum Gasteiger partial charge on any atom is -0.329 e. The van der Waals surface area contributed by atoms with Crippen molar-refractivity contribution in [1.82, 2.24) is 14.8 Å². The van der Waals surface area contributed by atoms with Crippen LogP contribution >= 0.6 is 0 Å². The van der Waals surface area contributed by atoms with Crippen molar-refractivity contribution in [2.45, 2.75) is 6.54 Å². The van der Waals surface area contributed by atoms with Gasteiger partial charge in [0.2, 0.25) is 0 Å². The fourth-order valence-corrected chi connectivity index (χ4v) is 1.83. The summed E-state index contributed by atoms with van der Waals surface area (Å²) < 4.78 is 0. The zero-order valence-corrected chi connectivity index (χ0v) is 9.17. The number of hydrogen-bond donors (Lipinski definition) is 1. The van der Waals surface area contributed by atoms with Crippen molar-refractivity contribution < 1.29 is 4.79 Å². The Morgan fingerprint density at radius 1 is 1.31 bits per heavy atom. The lowest BCUT2D eigenvalue weighted by Gasteiger charge is -2.17. The number of nitrogens with two attached hydrogens (primary N) is 1. The molecule has 1 aromatic heterocycles. The number of hydrogen-bond acceptors (Lipinski definition) is 3. The van der Waals surface area contributed by atoms with Gasteiger partial charge in [0.15, 0.2) is 0 Å². The van der Waals surface area contributed by atoms with E-state index in [4.69, 9.17) is 5.73 Å². The minimum atomic E-state index is 0.0658. The van der Waals surface area contributed by atoms with Crippen molar-refractivity contribution in [2.75, 3.05) is 26.2 Å². The molecule has 5 nitrogen and oxygen atoms in total. The van der Waals surface area contributed by atoms with Gasteiger partial charge in [0.05, 0.1) is 12.2 Å². The molecule has 2 amide bonds. The monoisotopic (exact) mass is 220 g/mol. The van der Waals surface area contributed by atoms with E-state index in [0.29, 0.717) is 19.6 Å². The highest BCUT2D eigenvalue weighted by molar-refractivity contribution is 5.76. The Bertz CT molecular complexity index is 354. The first kappa shape index (κ1) is 10.9. The summed E-state index contributed by atoms with van der Waals surface area (Å²) >= 11 is 0. The molecule has 1 aliphatic heterocycles. The Hall–Kier alpha value is -1.62. The Morgan fingerprint density at radius 2 is 2.12 bits per heavy atom. The summed E-state index contributed by atoms with van der Waals surface area (Å²) in [5, 5.41) is 0. The molecule has 0 bridgehead atoms. The van der Waals surface area contributed by atoms with Crippen LogP contribution in [0.3, 0.4) is 0 Å². The molecule has 1 fully saturated rings. The number of nitrogens with zero attached hydrogens (tertiary/aromatic N) is 3. The van der Waals surface area contributed by atoms with Crippen molar-refractivity contribution in [3.05, 3.63) is 30.1 Å². The Kier molecular flexibility index (Phi) is 3.36. The molecular weight excluding hydrogens is 204 g/mol. The summed E-state index contributed by atoms with van der Waals surface area (Å²) in [6, 6.07) is 5.80. The van der Waals surface area contributed by atoms with E-state index >= 15 is 0 Å². The van der Waals surface area contributed by atoms with Gasteiger partial charge in [-0.25, -0.2) is 4.79 Å². The summed E-state index contributed by atoms with van der Waals surface area (Å²) in [4.78, 5) is 19.7. The van der Waals surface area contributed by atoms with E-state index in [9.17, 15) is 4.79 Å². The molecule has 86 valence electrons. The van der Waals surface area contributed by atoms with Crippen LogP contribution in [0.4, 0.5) is 4.79 Å². The van der Waals surface area contributed by atoms with Gasteiger partial charge in [-0.1, -0.05) is 6.07 Å². The highest BCUT2D eigenvalue weighted by atomic mass is 16.2. The lowest BCUT2D eigenvalue weighted by Crippen LogP contribution is -2.34. The maximum atomic E-state index is 11.9. The second kappa shape index (κ2) is 4.94. The van der Waals surface area contributed by atoms with Crippen molar-refractivity contribution in [3.63, 3.8) is 0 Å². The van der Waals surface area contributed by atoms with Crippen LogP contribution in [0.2, 0.25) is 0 Å². The van der Waals surface area contributed by atoms with Crippen molar-refractivity contribution in [2.24, 2.45) is 5.73 Å². The first-order valence-corrected chi connectivity index (χ1v) is 5.45. The average Bonchev–Trinajstić information content (AvgIpc) is 2.64. The molecule has 1 aromatic rings. The zero-order valence-electron chi connectivity index (χ0n) is 9.17. The number of pyridine rings is 1. The molecule has 2 heterocycles. The van der Waals surface area contributed by atoms with Crippen LogP contribution in [0.1, 0.15) is 5.69 Å². The quantitative estimate of drug-likeness (QED) is 0.792. The van der Waals surface area contributed by atoms with Gasteiger partial charge in [-0.3, -0.25) is 4.98 Å². The van der Waals surface area contributed by atoms with E-state index in [1.54, 1.807) is 16.0 Å². The predicted molar refractivity (Wildman–Crippen MR) is 60.7 cm³/mol. The van der Waals surface area contributed by atoms with E-state index in [0.717, 1.165) is 18.8 Å². The van der Waals surface area contributed by atoms with Crippen molar-refractivity contribution in [1.29, 1.82) is 0 Å². The molecule has 0 spiro atoms. The number of aromatic nitrogens is 1. The van der Waals surface area contributed by atoms with Crippen LogP contribution in [-0.2, 0) is 6.54 Å². The number of amides is 2. The van der Waals surface area contributed by atoms with Crippen LogP contribution in [0, 0.1) is 0 Å². The van der Waals surface area contributed by atoms with Crippen LogP contribution in [0.25, 0.3) is 0 Å². The summed E-state index contributed by atoms with van der Waals surface area (Å²) in [6.45, 7) is 3.26. The summed E-state index contributed by atoms with van der Waals surface area (Å²) in [5.41, 5.74) is 6.37. The molecule has 0 unspecified atom stereocenters. The number of rotatable bonds is 4.